The standard InChI is InChI=1S/C21H28N2O/c1-16(14-22-21(24)19-10-6-12-23(2)15-19)13-18-9-5-8-17-7-3-4-11-20(17)18/h3-5,7-9,11,16,19H,6,10,12-15H2,1-2H3,(H,22,24)/t16-,19+/m0/s1. The third-order valence-electron chi connectivity index (χ3n) is 5.07. The van der Waals surface area contributed by atoms with Crippen molar-refractivity contribution in [1.29, 1.82) is 0 Å². The molecule has 2 atom stereocenters. The van der Waals surface area contributed by atoms with Gasteiger partial charge in [0.1, 0.15) is 0 Å². The van der Waals surface area contributed by atoms with E-state index >= 15 is 0 Å². The number of nitrogens with one attached hydrogen (secondary N) is 1. The fourth-order valence-electron chi connectivity index (χ4n) is 3.72. The number of carbonyl (C=O) groups excluding carboxylic acids is 1. The van der Waals surface area contributed by atoms with Gasteiger partial charge < -0.3 is 10.2 Å². The molecular weight excluding hydrogens is 296 g/mol. The predicted molar refractivity (Wildman–Crippen MR) is 100 cm³/mol. The van der Waals surface area contributed by atoms with Gasteiger partial charge in [0.2, 0.25) is 5.91 Å². The van der Waals surface area contributed by atoms with Crippen molar-refractivity contribution in [3.8, 4) is 0 Å². The summed E-state index contributed by atoms with van der Waals surface area (Å²) in [6, 6.07) is 15.0. The van der Waals surface area contributed by atoms with E-state index in [9.17, 15) is 4.79 Å². The molecule has 2 aromatic carbocycles. The van der Waals surface area contributed by atoms with E-state index < -0.39 is 0 Å². The summed E-state index contributed by atoms with van der Waals surface area (Å²) in [6.45, 7) is 4.97. The van der Waals surface area contributed by atoms with E-state index in [0.717, 1.165) is 38.9 Å². The lowest BCUT2D eigenvalue weighted by Crippen LogP contribution is -2.42. The maximum Gasteiger partial charge on any atom is 0.224 e. The van der Waals surface area contributed by atoms with E-state index in [1.165, 1.54) is 16.3 Å². The lowest BCUT2D eigenvalue weighted by molar-refractivity contribution is -0.126. The summed E-state index contributed by atoms with van der Waals surface area (Å²) in [5.41, 5.74) is 1.37. The number of rotatable bonds is 5. The van der Waals surface area contributed by atoms with Crippen LogP contribution in [0.3, 0.4) is 0 Å². The Kier molecular flexibility index (Phi) is 5.52. The Bertz CT molecular complexity index is 692. The van der Waals surface area contributed by atoms with Crippen LogP contribution in [-0.4, -0.2) is 37.5 Å². The SMILES string of the molecule is C[C@H](CNC(=O)[C@@H]1CCCN(C)C1)Cc1cccc2ccccc12. The Labute approximate surface area is 145 Å². The van der Waals surface area contributed by atoms with Crippen LogP contribution >= 0.6 is 0 Å². The molecule has 1 saturated heterocycles. The highest BCUT2D eigenvalue weighted by atomic mass is 16.1. The van der Waals surface area contributed by atoms with Gasteiger partial charge in [0.05, 0.1) is 5.92 Å². The third kappa shape index (κ3) is 4.15. The number of nitrogens with zero attached hydrogens (tertiary/aromatic N) is 1. The molecule has 0 unspecified atom stereocenters. The Hall–Kier alpha value is -1.87. The van der Waals surface area contributed by atoms with Crippen LogP contribution in [0.25, 0.3) is 10.8 Å². The van der Waals surface area contributed by atoms with Gasteiger partial charge >= 0.3 is 0 Å². The van der Waals surface area contributed by atoms with Gasteiger partial charge in [0.25, 0.3) is 0 Å². The van der Waals surface area contributed by atoms with E-state index in [1.807, 2.05) is 0 Å². The smallest absolute Gasteiger partial charge is 0.224 e. The average Bonchev–Trinajstić information content (AvgIpc) is 2.60. The van der Waals surface area contributed by atoms with Crippen molar-refractivity contribution in [3.05, 3.63) is 48.0 Å². The van der Waals surface area contributed by atoms with Crippen molar-refractivity contribution in [1.82, 2.24) is 10.2 Å². The average molecular weight is 324 g/mol. The van der Waals surface area contributed by atoms with Gasteiger partial charge in [-0.2, -0.15) is 0 Å². The van der Waals surface area contributed by atoms with Crippen molar-refractivity contribution >= 4 is 16.7 Å². The maximum absolute atomic E-state index is 12.4. The number of fused-ring (bicyclic) bond motifs is 1. The van der Waals surface area contributed by atoms with Crippen LogP contribution in [0, 0.1) is 11.8 Å². The molecule has 1 fully saturated rings. The number of carbonyl (C=O) groups is 1. The first-order valence-electron chi connectivity index (χ1n) is 9.06. The summed E-state index contributed by atoms with van der Waals surface area (Å²) in [6.07, 6.45) is 3.14. The summed E-state index contributed by atoms with van der Waals surface area (Å²) in [5.74, 6) is 0.820. The fourth-order valence-corrected chi connectivity index (χ4v) is 3.72. The molecule has 1 heterocycles. The second-order valence-electron chi connectivity index (χ2n) is 7.29. The minimum absolute atomic E-state index is 0.161. The van der Waals surface area contributed by atoms with E-state index in [0.29, 0.717) is 5.92 Å². The number of amides is 1. The first-order chi connectivity index (χ1) is 11.6. The summed E-state index contributed by atoms with van der Waals surface area (Å²) in [5, 5.41) is 5.79. The quantitative estimate of drug-likeness (QED) is 0.913. The molecule has 0 bridgehead atoms. The van der Waals surface area contributed by atoms with E-state index in [1.54, 1.807) is 0 Å². The normalized spacial score (nSPS) is 20.0. The monoisotopic (exact) mass is 324 g/mol. The molecule has 24 heavy (non-hydrogen) atoms. The highest BCUT2D eigenvalue weighted by Crippen LogP contribution is 2.21. The van der Waals surface area contributed by atoms with Gasteiger partial charge in [0.15, 0.2) is 0 Å². The molecule has 3 heteroatoms. The van der Waals surface area contributed by atoms with Crippen LogP contribution in [0.2, 0.25) is 0 Å². The van der Waals surface area contributed by atoms with E-state index in [4.69, 9.17) is 0 Å². The molecule has 3 rings (SSSR count). The minimum atomic E-state index is 0.161. The van der Waals surface area contributed by atoms with E-state index in [2.05, 4.69) is 66.7 Å². The number of likely N-dealkylation sites (tertiary alicyclic amines) is 1. The van der Waals surface area contributed by atoms with Crippen LogP contribution in [0.1, 0.15) is 25.3 Å². The highest BCUT2D eigenvalue weighted by Gasteiger charge is 2.23. The zero-order valence-corrected chi connectivity index (χ0v) is 14.8. The highest BCUT2D eigenvalue weighted by molar-refractivity contribution is 5.85. The number of hydrogen-bond donors (Lipinski definition) is 1. The summed E-state index contributed by atoms with van der Waals surface area (Å²) in [4.78, 5) is 14.6. The number of piperidine rings is 1. The molecule has 2 aromatic rings. The molecule has 0 radical (unpaired) electrons. The number of hydrogen-bond acceptors (Lipinski definition) is 2. The Morgan fingerprint density at radius 3 is 2.88 bits per heavy atom. The van der Waals surface area contributed by atoms with Crippen molar-refractivity contribution in [2.75, 3.05) is 26.7 Å². The molecule has 0 saturated carbocycles. The third-order valence-corrected chi connectivity index (χ3v) is 5.07. The van der Waals surface area contributed by atoms with Gasteiger partial charge in [-0.15, -0.1) is 0 Å². The van der Waals surface area contributed by atoms with Crippen molar-refractivity contribution in [2.45, 2.75) is 26.2 Å². The Morgan fingerprint density at radius 1 is 1.25 bits per heavy atom. The molecule has 1 aliphatic rings. The first kappa shape index (κ1) is 17.0. The second kappa shape index (κ2) is 7.80. The lowest BCUT2D eigenvalue weighted by Gasteiger charge is -2.29. The van der Waals surface area contributed by atoms with Gasteiger partial charge in [-0.1, -0.05) is 49.4 Å². The van der Waals surface area contributed by atoms with Crippen molar-refractivity contribution in [3.63, 3.8) is 0 Å². The topological polar surface area (TPSA) is 32.3 Å². The Morgan fingerprint density at radius 2 is 2.04 bits per heavy atom. The van der Waals surface area contributed by atoms with Crippen molar-refractivity contribution in [2.24, 2.45) is 11.8 Å². The van der Waals surface area contributed by atoms with Gasteiger partial charge in [-0.3, -0.25) is 4.79 Å². The summed E-state index contributed by atoms with van der Waals surface area (Å²) in [7, 11) is 2.10. The largest absolute Gasteiger partial charge is 0.356 e. The van der Waals surface area contributed by atoms with Crippen molar-refractivity contribution < 1.29 is 4.79 Å². The molecule has 1 aliphatic heterocycles. The minimum Gasteiger partial charge on any atom is -0.356 e. The molecule has 0 spiro atoms. The van der Waals surface area contributed by atoms with Gasteiger partial charge in [0, 0.05) is 13.1 Å². The predicted octanol–water partition coefficient (Wildman–Crippen LogP) is 3.48. The molecule has 0 aromatic heterocycles. The lowest BCUT2D eigenvalue weighted by atomic mass is 9.95. The molecule has 1 amide bonds. The zero-order chi connectivity index (χ0) is 16.9. The zero-order valence-electron chi connectivity index (χ0n) is 14.8. The van der Waals surface area contributed by atoms with Gasteiger partial charge in [-0.25, -0.2) is 0 Å². The summed E-state index contributed by atoms with van der Waals surface area (Å²) >= 11 is 0. The summed E-state index contributed by atoms with van der Waals surface area (Å²) < 4.78 is 0. The van der Waals surface area contributed by atoms with Crippen LogP contribution in [0.15, 0.2) is 42.5 Å². The fraction of sp³-hybridized carbons (Fsp3) is 0.476. The van der Waals surface area contributed by atoms with Crippen LogP contribution in [-0.2, 0) is 11.2 Å². The maximum atomic E-state index is 12.4. The molecule has 0 aliphatic carbocycles. The van der Waals surface area contributed by atoms with Crippen LogP contribution < -0.4 is 5.32 Å². The molecular formula is C21H28N2O. The molecule has 128 valence electrons. The Balaban J connectivity index is 1.55. The molecule has 1 N–H and O–H groups in total. The first-order valence-corrected chi connectivity index (χ1v) is 9.06. The van der Waals surface area contributed by atoms with E-state index in [-0.39, 0.29) is 11.8 Å². The van der Waals surface area contributed by atoms with Crippen LogP contribution in [0.5, 0.6) is 0 Å². The number of benzene rings is 2. The second-order valence-corrected chi connectivity index (χ2v) is 7.29. The van der Waals surface area contributed by atoms with Gasteiger partial charge in [-0.05, 0) is 55.1 Å². The molecule has 3 nitrogen and oxygen atoms in total. The van der Waals surface area contributed by atoms with Crippen LogP contribution in [0.4, 0.5) is 0 Å².